The molecule has 39 heavy (non-hydrogen) atoms. The highest BCUT2D eigenvalue weighted by Crippen LogP contribution is 2.08. The van der Waals surface area contributed by atoms with Gasteiger partial charge in [0.05, 0.1) is 19.1 Å². The van der Waals surface area contributed by atoms with E-state index in [0.717, 1.165) is 11.1 Å². The first kappa shape index (κ1) is 31.0. The van der Waals surface area contributed by atoms with Crippen LogP contribution in [0.25, 0.3) is 0 Å². The average Bonchev–Trinajstić information content (AvgIpc) is 2.90. The molecule has 0 aliphatic carbocycles. The average molecular weight is 540 g/mol. The summed E-state index contributed by atoms with van der Waals surface area (Å²) in [6.07, 6.45) is 0.654. The van der Waals surface area contributed by atoms with Gasteiger partial charge in [0, 0.05) is 6.42 Å². The van der Waals surface area contributed by atoms with Crippen molar-refractivity contribution in [3.63, 3.8) is 0 Å². The molecule has 4 amide bonds. The molecule has 2 aromatic carbocycles. The summed E-state index contributed by atoms with van der Waals surface area (Å²) in [7, 11) is 0. The molecule has 0 radical (unpaired) electrons. The lowest BCUT2D eigenvalue weighted by Crippen LogP contribution is -2.54. The third-order valence-electron chi connectivity index (χ3n) is 5.76. The minimum atomic E-state index is -1.17. The molecule has 210 valence electrons. The third-order valence-corrected chi connectivity index (χ3v) is 5.76. The summed E-state index contributed by atoms with van der Waals surface area (Å²) in [4.78, 5) is 61.5. The Balaban J connectivity index is 1.89. The Morgan fingerprint density at radius 2 is 1.26 bits per heavy atom. The van der Waals surface area contributed by atoms with E-state index in [0.29, 0.717) is 6.42 Å². The van der Waals surface area contributed by atoms with Crippen molar-refractivity contribution in [2.75, 3.05) is 13.1 Å². The maximum absolute atomic E-state index is 13.0. The molecule has 0 saturated heterocycles. The van der Waals surface area contributed by atoms with E-state index in [2.05, 4.69) is 21.3 Å². The molecule has 7 N–H and O–H groups in total. The van der Waals surface area contributed by atoms with Gasteiger partial charge in [0.2, 0.25) is 23.6 Å². The molecule has 0 bridgehead atoms. The summed E-state index contributed by atoms with van der Waals surface area (Å²) >= 11 is 0. The summed E-state index contributed by atoms with van der Waals surface area (Å²) in [6, 6.07) is 15.1. The van der Waals surface area contributed by atoms with Gasteiger partial charge >= 0.3 is 5.97 Å². The SMILES string of the molecule is CC(C)C[C@H](NC(=O)[C@H](Cc1ccccc1)NC(=O)CNC(=O)CNC(=O)[C@H](N)Cc1ccccc1)C(=O)O. The standard InChI is InChI=1S/C28H37N5O6/c1-18(2)13-23(28(38)39)33-27(37)22(15-20-11-7-4-8-12-20)32-25(35)17-30-24(34)16-31-26(36)21(29)14-19-9-5-3-6-10-19/h3-12,18,21-23H,13-17,29H2,1-2H3,(H,30,34)(H,31,36)(H,32,35)(H,33,37)(H,38,39)/t21-,22+,23+/m1/s1. The van der Waals surface area contributed by atoms with Crippen LogP contribution >= 0.6 is 0 Å². The molecule has 0 aliphatic heterocycles. The molecular formula is C28H37N5O6. The van der Waals surface area contributed by atoms with Gasteiger partial charge in [-0.15, -0.1) is 0 Å². The highest BCUT2D eigenvalue weighted by atomic mass is 16.4. The zero-order valence-electron chi connectivity index (χ0n) is 22.2. The van der Waals surface area contributed by atoms with Crippen LogP contribution in [0.4, 0.5) is 0 Å². The van der Waals surface area contributed by atoms with Gasteiger partial charge in [0.25, 0.3) is 0 Å². The van der Waals surface area contributed by atoms with Crippen LogP contribution in [0.5, 0.6) is 0 Å². The van der Waals surface area contributed by atoms with Gasteiger partial charge in [-0.25, -0.2) is 4.79 Å². The molecule has 0 fully saturated rings. The van der Waals surface area contributed by atoms with E-state index in [1.165, 1.54) is 0 Å². The quantitative estimate of drug-likeness (QED) is 0.186. The molecule has 0 aromatic heterocycles. The summed E-state index contributed by atoms with van der Waals surface area (Å²) < 4.78 is 0. The van der Waals surface area contributed by atoms with Crippen LogP contribution in [0, 0.1) is 5.92 Å². The van der Waals surface area contributed by atoms with Gasteiger partial charge in [-0.05, 0) is 29.9 Å². The van der Waals surface area contributed by atoms with Gasteiger partial charge in [-0.1, -0.05) is 74.5 Å². The van der Waals surface area contributed by atoms with E-state index in [4.69, 9.17) is 5.73 Å². The lowest BCUT2D eigenvalue weighted by molar-refractivity contribution is -0.142. The highest BCUT2D eigenvalue weighted by Gasteiger charge is 2.27. The van der Waals surface area contributed by atoms with Crippen LogP contribution in [0.3, 0.4) is 0 Å². The van der Waals surface area contributed by atoms with Crippen LogP contribution < -0.4 is 27.0 Å². The highest BCUT2D eigenvalue weighted by molar-refractivity contribution is 5.93. The molecule has 11 heteroatoms. The largest absolute Gasteiger partial charge is 0.480 e. The van der Waals surface area contributed by atoms with E-state index in [-0.39, 0.29) is 25.3 Å². The zero-order chi connectivity index (χ0) is 28.8. The number of nitrogens with one attached hydrogen (secondary N) is 4. The van der Waals surface area contributed by atoms with E-state index < -0.39 is 54.3 Å². The van der Waals surface area contributed by atoms with Gasteiger partial charge in [0.1, 0.15) is 12.1 Å². The first-order chi connectivity index (χ1) is 18.5. The van der Waals surface area contributed by atoms with E-state index in [1.54, 1.807) is 24.3 Å². The molecule has 0 aliphatic rings. The molecular weight excluding hydrogens is 502 g/mol. The normalized spacial score (nSPS) is 13.0. The number of rotatable bonds is 15. The lowest BCUT2D eigenvalue weighted by Gasteiger charge is -2.22. The smallest absolute Gasteiger partial charge is 0.326 e. The molecule has 0 spiro atoms. The number of carbonyl (C=O) groups excluding carboxylic acids is 4. The van der Waals surface area contributed by atoms with E-state index >= 15 is 0 Å². The fourth-order valence-corrected chi connectivity index (χ4v) is 3.77. The Bertz CT molecular complexity index is 1110. The monoisotopic (exact) mass is 539 g/mol. The first-order valence-electron chi connectivity index (χ1n) is 12.8. The van der Waals surface area contributed by atoms with E-state index in [9.17, 15) is 29.1 Å². The molecule has 2 rings (SSSR count). The van der Waals surface area contributed by atoms with Crippen LogP contribution in [0.15, 0.2) is 60.7 Å². The van der Waals surface area contributed by atoms with Crippen LogP contribution in [0.2, 0.25) is 0 Å². The second kappa shape index (κ2) is 15.9. The number of benzene rings is 2. The lowest BCUT2D eigenvalue weighted by atomic mass is 10.0. The Morgan fingerprint density at radius 3 is 1.79 bits per heavy atom. The zero-order valence-corrected chi connectivity index (χ0v) is 22.2. The summed E-state index contributed by atoms with van der Waals surface area (Å²) in [5.41, 5.74) is 7.54. The maximum atomic E-state index is 13.0. The minimum absolute atomic E-state index is 0.0251. The summed E-state index contributed by atoms with van der Waals surface area (Å²) in [5.74, 6) is -3.56. The third kappa shape index (κ3) is 11.8. The Hall–Kier alpha value is -4.25. The Kier molecular flexibility index (Phi) is 12.6. The predicted octanol–water partition coefficient (Wildman–Crippen LogP) is 0.132. The van der Waals surface area contributed by atoms with Crippen molar-refractivity contribution in [3.8, 4) is 0 Å². The van der Waals surface area contributed by atoms with Crippen molar-refractivity contribution in [2.45, 2.75) is 51.2 Å². The number of amides is 4. The minimum Gasteiger partial charge on any atom is -0.480 e. The van der Waals surface area contributed by atoms with Crippen molar-refractivity contribution >= 4 is 29.6 Å². The van der Waals surface area contributed by atoms with Crippen LogP contribution in [0.1, 0.15) is 31.4 Å². The fraction of sp³-hybridized carbons (Fsp3) is 0.393. The predicted molar refractivity (Wildman–Crippen MR) is 145 cm³/mol. The van der Waals surface area contributed by atoms with Gasteiger partial charge < -0.3 is 32.1 Å². The van der Waals surface area contributed by atoms with Gasteiger partial charge in [-0.3, -0.25) is 19.2 Å². The topological polar surface area (TPSA) is 180 Å². The van der Waals surface area contributed by atoms with Crippen molar-refractivity contribution in [1.29, 1.82) is 0 Å². The Labute approximate surface area is 227 Å². The molecule has 0 heterocycles. The van der Waals surface area contributed by atoms with Crippen molar-refractivity contribution in [2.24, 2.45) is 11.7 Å². The van der Waals surface area contributed by atoms with Crippen LogP contribution in [-0.4, -0.2) is 65.9 Å². The van der Waals surface area contributed by atoms with Crippen LogP contribution in [-0.2, 0) is 36.8 Å². The van der Waals surface area contributed by atoms with Crippen molar-refractivity contribution < 1.29 is 29.1 Å². The second-order valence-corrected chi connectivity index (χ2v) is 9.63. The number of nitrogens with two attached hydrogens (primary N) is 1. The van der Waals surface area contributed by atoms with Gasteiger partial charge in [0.15, 0.2) is 0 Å². The number of carbonyl (C=O) groups is 5. The molecule has 2 aromatic rings. The summed E-state index contributed by atoms with van der Waals surface area (Å²) in [6.45, 7) is 2.86. The van der Waals surface area contributed by atoms with Crippen molar-refractivity contribution in [1.82, 2.24) is 21.3 Å². The maximum Gasteiger partial charge on any atom is 0.326 e. The van der Waals surface area contributed by atoms with Crippen molar-refractivity contribution in [3.05, 3.63) is 71.8 Å². The number of aliphatic carboxylic acids is 1. The molecule has 11 nitrogen and oxygen atoms in total. The first-order valence-corrected chi connectivity index (χ1v) is 12.8. The Morgan fingerprint density at radius 1 is 0.718 bits per heavy atom. The van der Waals surface area contributed by atoms with Gasteiger partial charge in [-0.2, -0.15) is 0 Å². The molecule has 0 unspecified atom stereocenters. The summed E-state index contributed by atoms with van der Waals surface area (Å²) in [5, 5.41) is 19.4. The molecule has 0 saturated carbocycles. The number of carboxylic acids is 1. The van der Waals surface area contributed by atoms with E-state index in [1.807, 2.05) is 50.2 Å². The number of carboxylic acid groups (broad SMARTS) is 1. The second-order valence-electron chi connectivity index (χ2n) is 9.63. The fourth-order valence-electron chi connectivity index (χ4n) is 3.77. The number of hydrogen-bond donors (Lipinski definition) is 6. The molecule has 3 atom stereocenters. The number of hydrogen-bond acceptors (Lipinski definition) is 6.